The van der Waals surface area contributed by atoms with Crippen molar-refractivity contribution in [2.24, 2.45) is 0 Å². The number of carbonyl (C=O) groups is 1. The Morgan fingerprint density at radius 3 is 3.00 bits per heavy atom. The number of benzene rings is 1. The molecule has 4 heteroatoms. The summed E-state index contributed by atoms with van der Waals surface area (Å²) in [5, 5.41) is 0.503. The van der Waals surface area contributed by atoms with Gasteiger partial charge in [0, 0.05) is 5.56 Å². The van der Waals surface area contributed by atoms with E-state index in [1.165, 1.54) is 18.3 Å². The Morgan fingerprint density at radius 2 is 2.31 bits per heavy atom. The Morgan fingerprint density at radius 1 is 1.54 bits per heavy atom. The first kappa shape index (κ1) is 8.19. The van der Waals surface area contributed by atoms with Crippen LogP contribution < -0.4 is 5.73 Å². The van der Waals surface area contributed by atoms with E-state index in [0.717, 1.165) is 10.2 Å². The maximum absolute atomic E-state index is 11.2. The van der Waals surface area contributed by atoms with Crippen molar-refractivity contribution >= 4 is 32.5 Å². The van der Waals surface area contributed by atoms with Gasteiger partial charge in [-0.15, -0.1) is 0 Å². The zero-order valence-electron chi connectivity index (χ0n) is 7.07. The number of nitrogen functional groups attached to an aromatic ring is 1. The fraction of sp³-hybridized carbons (Fsp3) is 0.111. The lowest BCUT2D eigenvalue weighted by Crippen LogP contribution is -1.92. The summed E-state index contributed by atoms with van der Waals surface area (Å²) in [7, 11) is 0. The molecule has 1 heterocycles. The maximum Gasteiger partial charge on any atom is 0.181 e. The molecular weight excluding hydrogens is 184 g/mol. The number of Topliss-reactive ketones (excluding diaryl/α,β-unsaturated/α-hetero) is 1. The van der Waals surface area contributed by atoms with Crippen LogP contribution in [0.4, 0.5) is 5.13 Å². The largest absolute Gasteiger partial charge is 0.375 e. The smallest absolute Gasteiger partial charge is 0.181 e. The van der Waals surface area contributed by atoms with Gasteiger partial charge in [0.15, 0.2) is 10.9 Å². The SMILES string of the molecule is CC(=O)c1cccc2sc(N)nc12. The molecule has 0 amide bonds. The molecule has 0 spiro atoms. The summed E-state index contributed by atoms with van der Waals surface area (Å²) in [6.07, 6.45) is 0. The first-order valence-corrected chi connectivity index (χ1v) is 4.66. The van der Waals surface area contributed by atoms with Crippen LogP contribution in [0.5, 0.6) is 0 Å². The molecule has 0 fully saturated rings. The first-order valence-electron chi connectivity index (χ1n) is 3.84. The third kappa shape index (κ3) is 1.29. The molecule has 0 radical (unpaired) electrons. The van der Waals surface area contributed by atoms with Crippen molar-refractivity contribution in [3.63, 3.8) is 0 Å². The number of ketones is 1. The lowest BCUT2D eigenvalue weighted by Gasteiger charge is -1.94. The lowest BCUT2D eigenvalue weighted by molar-refractivity contribution is 0.101. The van der Waals surface area contributed by atoms with E-state index >= 15 is 0 Å². The summed E-state index contributed by atoms with van der Waals surface area (Å²) < 4.78 is 0.963. The maximum atomic E-state index is 11.2. The molecule has 0 aliphatic heterocycles. The second-order valence-corrected chi connectivity index (χ2v) is 3.82. The van der Waals surface area contributed by atoms with Gasteiger partial charge in [-0.05, 0) is 19.1 Å². The Labute approximate surface area is 79.2 Å². The van der Waals surface area contributed by atoms with Crippen LogP contribution in [0.1, 0.15) is 17.3 Å². The molecule has 0 unspecified atom stereocenters. The quantitative estimate of drug-likeness (QED) is 0.704. The van der Waals surface area contributed by atoms with E-state index in [1.807, 2.05) is 12.1 Å². The number of nitrogens with zero attached hydrogens (tertiary/aromatic N) is 1. The van der Waals surface area contributed by atoms with Gasteiger partial charge in [0.1, 0.15) is 0 Å². The number of hydrogen-bond donors (Lipinski definition) is 1. The summed E-state index contributed by atoms with van der Waals surface area (Å²) in [6.45, 7) is 1.53. The third-order valence-corrected chi connectivity index (χ3v) is 2.66. The van der Waals surface area contributed by atoms with Gasteiger partial charge in [0.05, 0.1) is 10.2 Å². The summed E-state index contributed by atoms with van der Waals surface area (Å²) in [5.41, 5.74) is 6.92. The van der Waals surface area contributed by atoms with E-state index in [9.17, 15) is 4.79 Å². The highest BCUT2D eigenvalue weighted by atomic mass is 32.1. The van der Waals surface area contributed by atoms with Gasteiger partial charge in [-0.3, -0.25) is 4.79 Å². The van der Waals surface area contributed by atoms with Crippen molar-refractivity contribution in [1.82, 2.24) is 4.98 Å². The van der Waals surface area contributed by atoms with E-state index in [-0.39, 0.29) is 5.78 Å². The Hall–Kier alpha value is -1.42. The molecule has 2 aromatic rings. The van der Waals surface area contributed by atoms with Crippen LogP contribution in [0.15, 0.2) is 18.2 Å². The van der Waals surface area contributed by atoms with E-state index in [0.29, 0.717) is 10.7 Å². The fourth-order valence-electron chi connectivity index (χ4n) is 1.25. The van der Waals surface area contributed by atoms with Gasteiger partial charge in [-0.25, -0.2) is 4.98 Å². The normalized spacial score (nSPS) is 10.5. The molecule has 0 atom stereocenters. The highest BCUT2D eigenvalue weighted by Crippen LogP contribution is 2.26. The first-order chi connectivity index (χ1) is 6.18. The molecule has 0 saturated heterocycles. The highest BCUT2D eigenvalue weighted by molar-refractivity contribution is 7.22. The number of fused-ring (bicyclic) bond motifs is 1. The molecule has 1 aromatic heterocycles. The second kappa shape index (κ2) is 2.81. The van der Waals surface area contributed by atoms with E-state index in [4.69, 9.17) is 5.73 Å². The zero-order chi connectivity index (χ0) is 9.42. The van der Waals surface area contributed by atoms with E-state index in [1.54, 1.807) is 6.07 Å². The lowest BCUT2D eigenvalue weighted by atomic mass is 10.1. The fourth-order valence-corrected chi connectivity index (χ4v) is 2.01. The monoisotopic (exact) mass is 192 g/mol. The highest BCUT2D eigenvalue weighted by Gasteiger charge is 2.08. The number of hydrogen-bond acceptors (Lipinski definition) is 4. The Kier molecular flexibility index (Phi) is 1.77. The van der Waals surface area contributed by atoms with Crippen molar-refractivity contribution in [2.45, 2.75) is 6.92 Å². The molecule has 66 valence electrons. The predicted octanol–water partition coefficient (Wildman–Crippen LogP) is 2.08. The standard InChI is InChI=1S/C9H8N2OS/c1-5(12)6-3-2-4-7-8(6)11-9(10)13-7/h2-4H,1H3,(H2,10,11). The molecule has 0 saturated carbocycles. The average molecular weight is 192 g/mol. The Bertz CT molecular complexity index is 475. The summed E-state index contributed by atoms with van der Waals surface area (Å²) in [5.74, 6) is 0.0240. The zero-order valence-corrected chi connectivity index (χ0v) is 7.89. The number of thiazole rings is 1. The van der Waals surface area contributed by atoms with Crippen LogP contribution in [0.3, 0.4) is 0 Å². The summed E-state index contributed by atoms with van der Waals surface area (Å²) in [4.78, 5) is 15.3. The molecule has 13 heavy (non-hydrogen) atoms. The number of carbonyl (C=O) groups excluding carboxylic acids is 1. The van der Waals surface area contributed by atoms with Crippen LogP contribution in [0.25, 0.3) is 10.2 Å². The van der Waals surface area contributed by atoms with Crippen molar-refractivity contribution in [1.29, 1.82) is 0 Å². The van der Waals surface area contributed by atoms with Crippen LogP contribution in [-0.2, 0) is 0 Å². The van der Waals surface area contributed by atoms with Crippen molar-refractivity contribution < 1.29 is 4.79 Å². The number of aromatic nitrogens is 1. The number of para-hydroxylation sites is 1. The van der Waals surface area contributed by atoms with Crippen molar-refractivity contribution in [2.75, 3.05) is 5.73 Å². The van der Waals surface area contributed by atoms with Gasteiger partial charge in [0.2, 0.25) is 0 Å². The van der Waals surface area contributed by atoms with Gasteiger partial charge in [0.25, 0.3) is 0 Å². The van der Waals surface area contributed by atoms with Gasteiger partial charge >= 0.3 is 0 Å². The van der Waals surface area contributed by atoms with Gasteiger partial charge in [-0.1, -0.05) is 17.4 Å². The topological polar surface area (TPSA) is 56.0 Å². The van der Waals surface area contributed by atoms with Crippen LogP contribution in [0.2, 0.25) is 0 Å². The van der Waals surface area contributed by atoms with Crippen LogP contribution in [0, 0.1) is 0 Å². The molecule has 2 rings (SSSR count). The van der Waals surface area contributed by atoms with Crippen molar-refractivity contribution in [3.05, 3.63) is 23.8 Å². The molecule has 0 bridgehead atoms. The van der Waals surface area contributed by atoms with Crippen LogP contribution >= 0.6 is 11.3 Å². The minimum Gasteiger partial charge on any atom is -0.375 e. The Balaban J connectivity index is 2.82. The summed E-state index contributed by atoms with van der Waals surface area (Å²) >= 11 is 1.40. The molecule has 2 N–H and O–H groups in total. The number of anilines is 1. The van der Waals surface area contributed by atoms with Gasteiger partial charge in [-0.2, -0.15) is 0 Å². The molecule has 0 aliphatic rings. The minimum absolute atomic E-state index is 0.0240. The molecule has 0 aliphatic carbocycles. The average Bonchev–Trinajstić information content (AvgIpc) is 2.43. The van der Waals surface area contributed by atoms with E-state index in [2.05, 4.69) is 4.98 Å². The number of nitrogens with two attached hydrogens (primary N) is 1. The molecule has 1 aromatic carbocycles. The predicted molar refractivity (Wildman–Crippen MR) is 54.0 cm³/mol. The van der Waals surface area contributed by atoms with Gasteiger partial charge < -0.3 is 5.73 Å². The third-order valence-electron chi connectivity index (χ3n) is 1.81. The minimum atomic E-state index is 0.0240. The van der Waals surface area contributed by atoms with E-state index < -0.39 is 0 Å². The van der Waals surface area contributed by atoms with Crippen molar-refractivity contribution in [3.8, 4) is 0 Å². The summed E-state index contributed by atoms with van der Waals surface area (Å²) in [6, 6.07) is 5.52. The number of rotatable bonds is 1. The second-order valence-electron chi connectivity index (χ2n) is 2.76. The van der Waals surface area contributed by atoms with Crippen LogP contribution in [-0.4, -0.2) is 10.8 Å². The molecule has 3 nitrogen and oxygen atoms in total. The molecular formula is C9H8N2OS.